The number of benzene rings is 1. The molecular formula is C21H22ClN3O12P2. The lowest BCUT2D eigenvalue weighted by Gasteiger charge is -2.19. The Kier molecular flexibility index (Phi) is 8.71. The van der Waals surface area contributed by atoms with Crippen LogP contribution in [0.3, 0.4) is 0 Å². The minimum atomic E-state index is -5.39. The van der Waals surface area contributed by atoms with Gasteiger partial charge in [0.1, 0.15) is 18.3 Å². The van der Waals surface area contributed by atoms with E-state index in [9.17, 15) is 33.8 Å². The van der Waals surface area contributed by atoms with E-state index in [0.29, 0.717) is 21.8 Å². The van der Waals surface area contributed by atoms with E-state index < -0.39 is 58.0 Å². The first-order valence-corrected chi connectivity index (χ1v) is 14.4. The Morgan fingerprint density at radius 1 is 1.05 bits per heavy atom. The first-order valence-electron chi connectivity index (χ1n) is 11.0. The fourth-order valence-corrected chi connectivity index (χ4v) is 5.73. The van der Waals surface area contributed by atoms with Crippen LogP contribution in [0.2, 0.25) is 5.02 Å². The lowest BCUT2D eigenvalue weighted by Crippen LogP contribution is -2.43. The maximum atomic E-state index is 13.2. The third-order valence-corrected chi connectivity index (χ3v) is 8.12. The number of rotatable bonds is 9. The number of aliphatic hydroxyl groups is 2. The zero-order valence-corrected chi connectivity index (χ0v) is 22.2. The smallest absolute Gasteiger partial charge is 0.387 e. The number of phosphoric ester groups is 1. The zero-order chi connectivity index (χ0) is 28.5. The molecule has 4 rings (SSSR count). The lowest BCUT2D eigenvalue weighted by atomic mass is 10.1. The molecule has 1 saturated heterocycles. The van der Waals surface area contributed by atoms with Crippen LogP contribution in [-0.2, 0) is 29.2 Å². The van der Waals surface area contributed by atoms with Gasteiger partial charge in [0.25, 0.3) is 5.56 Å². The normalized spacial score (nSPS) is 23.0. The summed E-state index contributed by atoms with van der Waals surface area (Å²) in [5, 5.41) is 21.3. The number of aliphatic hydroxyl groups excluding tert-OH is 2. The standard InChI is InChI=1S/C21H22ClN3O12P2/c22-15-4-2-1-3-14(15)12-5-7-23-13(9-12)10-25-17(26)6-8-24(21(25)29)20-19(28)18(27)16(36-20)11-35-39(33,34)37-38(30,31)32/h1-9,16,18-20,27-28H,10-11H2,(H,33,34)(H2,30,31,32)/t16-,18+,19?,20-/m1/s1. The number of ether oxygens (including phenoxy) is 1. The van der Waals surface area contributed by atoms with Gasteiger partial charge in [0.15, 0.2) is 6.23 Å². The van der Waals surface area contributed by atoms with Gasteiger partial charge in [-0.2, -0.15) is 4.31 Å². The molecule has 2 unspecified atom stereocenters. The monoisotopic (exact) mass is 605 g/mol. The third-order valence-electron chi connectivity index (χ3n) is 5.64. The SMILES string of the molecule is O=c1ccn([C@@H]2O[C@H](COP(=O)(O)OP(=O)(O)O)[C@H](O)C2O)c(=O)n1Cc1cc(-c2ccccc2Cl)ccn1. The van der Waals surface area contributed by atoms with Crippen molar-refractivity contribution in [1.29, 1.82) is 0 Å². The first-order chi connectivity index (χ1) is 18.3. The summed E-state index contributed by atoms with van der Waals surface area (Å²) in [7, 11) is -10.6. The molecular weight excluding hydrogens is 584 g/mol. The molecule has 3 aromatic rings. The number of hydrogen-bond acceptors (Lipinski definition) is 10. The summed E-state index contributed by atoms with van der Waals surface area (Å²) in [6, 6.07) is 11.5. The number of phosphoric acid groups is 2. The Balaban J connectivity index is 1.56. The van der Waals surface area contributed by atoms with Crippen LogP contribution in [0.4, 0.5) is 0 Å². The fourth-order valence-electron chi connectivity index (χ4n) is 3.88. The lowest BCUT2D eigenvalue weighted by molar-refractivity contribution is -0.0547. The Bertz CT molecular complexity index is 1570. The highest BCUT2D eigenvalue weighted by Gasteiger charge is 2.46. The molecule has 2 aromatic heterocycles. The minimum Gasteiger partial charge on any atom is -0.387 e. The van der Waals surface area contributed by atoms with Crippen LogP contribution in [0.1, 0.15) is 11.9 Å². The fraction of sp³-hybridized carbons (Fsp3) is 0.286. The van der Waals surface area contributed by atoms with Gasteiger partial charge in [0.05, 0.1) is 18.8 Å². The Hall–Kier alpha value is -2.52. The second-order valence-corrected chi connectivity index (χ2v) is 11.6. The predicted octanol–water partition coefficient (Wildman–Crippen LogP) is 0.619. The molecule has 0 radical (unpaired) electrons. The molecule has 0 bridgehead atoms. The number of pyridine rings is 1. The van der Waals surface area contributed by atoms with Crippen molar-refractivity contribution >= 4 is 27.2 Å². The molecule has 39 heavy (non-hydrogen) atoms. The topological polar surface area (TPSA) is 220 Å². The van der Waals surface area contributed by atoms with E-state index in [4.69, 9.17) is 26.1 Å². The summed E-state index contributed by atoms with van der Waals surface area (Å²) in [4.78, 5) is 56.7. The van der Waals surface area contributed by atoms with Gasteiger partial charge in [-0.05, 0) is 23.8 Å². The highest BCUT2D eigenvalue weighted by atomic mass is 35.5. The van der Waals surface area contributed by atoms with Crippen LogP contribution in [-0.4, -0.2) is 63.9 Å². The van der Waals surface area contributed by atoms with Crippen molar-refractivity contribution < 1.29 is 47.6 Å². The summed E-state index contributed by atoms with van der Waals surface area (Å²) >= 11 is 6.26. The van der Waals surface area contributed by atoms with E-state index >= 15 is 0 Å². The average molecular weight is 606 g/mol. The molecule has 3 heterocycles. The average Bonchev–Trinajstić information content (AvgIpc) is 3.13. The molecule has 210 valence electrons. The molecule has 15 nitrogen and oxygen atoms in total. The van der Waals surface area contributed by atoms with E-state index in [1.807, 2.05) is 0 Å². The van der Waals surface area contributed by atoms with Gasteiger partial charge in [0.2, 0.25) is 0 Å². The molecule has 0 aliphatic carbocycles. The number of halogens is 1. The van der Waals surface area contributed by atoms with Crippen LogP contribution >= 0.6 is 27.2 Å². The molecule has 0 saturated carbocycles. The van der Waals surface area contributed by atoms with Crippen molar-refractivity contribution in [3.05, 3.63) is 86.4 Å². The van der Waals surface area contributed by atoms with Gasteiger partial charge in [-0.3, -0.25) is 23.4 Å². The van der Waals surface area contributed by atoms with Crippen molar-refractivity contribution in [3.8, 4) is 11.1 Å². The second kappa shape index (κ2) is 11.5. The maximum absolute atomic E-state index is 13.2. The number of aromatic nitrogens is 3. The van der Waals surface area contributed by atoms with Crippen molar-refractivity contribution in [1.82, 2.24) is 14.1 Å². The molecule has 5 N–H and O–H groups in total. The summed E-state index contributed by atoms with van der Waals surface area (Å²) in [5.74, 6) is 0. The zero-order valence-electron chi connectivity index (χ0n) is 19.6. The summed E-state index contributed by atoms with van der Waals surface area (Å²) < 4.78 is 37.6. The highest BCUT2D eigenvalue weighted by molar-refractivity contribution is 7.60. The van der Waals surface area contributed by atoms with E-state index in [2.05, 4.69) is 13.8 Å². The van der Waals surface area contributed by atoms with E-state index in [1.54, 1.807) is 36.4 Å². The number of nitrogens with zero attached hydrogens (tertiary/aromatic N) is 3. The van der Waals surface area contributed by atoms with Crippen LogP contribution < -0.4 is 11.2 Å². The minimum absolute atomic E-state index is 0.262. The van der Waals surface area contributed by atoms with Crippen LogP contribution in [0, 0.1) is 0 Å². The highest BCUT2D eigenvalue weighted by Crippen LogP contribution is 2.57. The van der Waals surface area contributed by atoms with Crippen LogP contribution in [0.25, 0.3) is 11.1 Å². The summed E-state index contributed by atoms with van der Waals surface area (Å²) in [6.45, 7) is -1.21. The molecule has 1 aliphatic heterocycles. The van der Waals surface area contributed by atoms with Gasteiger partial charge in [-0.1, -0.05) is 29.8 Å². The van der Waals surface area contributed by atoms with E-state index in [0.717, 1.165) is 21.4 Å². The van der Waals surface area contributed by atoms with Crippen molar-refractivity contribution in [2.75, 3.05) is 6.61 Å². The van der Waals surface area contributed by atoms with Crippen molar-refractivity contribution in [2.45, 2.75) is 31.1 Å². The molecule has 5 atom stereocenters. The van der Waals surface area contributed by atoms with Gasteiger partial charge in [0, 0.05) is 29.0 Å². The predicted molar refractivity (Wildman–Crippen MR) is 134 cm³/mol. The van der Waals surface area contributed by atoms with E-state index in [1.165, 1.54) is 6.20 Å². The Morgan fingerprint density at radius 3 is 2.46 bits per heavy atom. The maximum Gasteiger partial charge on any atom is 0.481 e. The van der Waals surface area contributed by atoms with Crippen LogP contribution in [0.15, 0.2) is 64.4 Å². The van der Waals surface area contributed by atoms with Gasteiger partial charge < -0.3 is 29.6 Å². The van der Waals surface area contributed by atoms with E-state index in [-0.39, 0.29) is 6.54 Å². The van der Waals surface area contributed by atoms with Crippen LogP contribution in [0.5, 0.6) is 0 Å². The third kappa shape index (κ3) is 6.98. The number of hydrogen-bond donors (Lipinski definition) is 5. The summed E-state index contributed by atoms with van der Waals surface area (Å²) in [6.07, 6.45) is -4.08. The molecule has 18 heteroatoms. The molecule has 0 amide bonds. The first kappa shape index (κ1) is 29.5. The molecule has 0 spiro atoms. The van der Waals surface area contributed by atoms with Gasteiger partial charge >= 0.3 is 21.3 Å². The van der Waals surface area contributed by atoms with Crippen molar-refractivity contribution in [3.63, 3.8) is 0 Å². The Labute approximate surface area is 224 Å². The van der Waals surface area contributed by atoms with Gasteiger partial charge in [-0.15, -0.1) is 0 Å². The molecule has 1 aromatic carbocycles. The molecule has 1 fully saturated rings. The largest absolute Gasteiger partial charge is 0.481 e. The quantitative estimate of drug-likeness (QED) is 0.211. The summed E-state index contributed by atoms with van der Waals surface area (Å²) in [5.41, 5.74) is 0.128. The molecule has 1 aliphatic rings. The Morgan fingerprint density at radius 2 is 1.77 bits per heavy atom. The second-order valence-electron chi connectivity index (χ2n) is 8.33. The van der Waals surface area contributed by atoms with Crippen molar-refractivity contribution in [2.24, 2.45) is 0 Å². The van der Waals surface area contributed by atoms with Gasteiger partial charge in [-0.25, -0.2) is 13.9 Å².